The van der Waals surface area contributed by atoms with Crippen LogP contribution < -0.4 is 5.32 Å². The highest BCUT2D eigenvalue weighted by Gasteiger charge is 2.10. The first-order chi connectivity index (χ1) is 9.06. The molecular formula is C11H9N3O5. The number of carboxylic acids is 1. The zero-order valence-electron chi connectivity index (χ0n) is 9.57. The van der Waals surface area contributed by atoms with E-state index in [9.17, 15) is 14.9 Å². The number of hydrogen-bond acceptors (Lipinski definition) is 6. The van der Waals surface area contributed by atoms with Crippen molar-refractivity contribution >= 4 is 17.7 Å². The maximum absolute atomic E-state index is 10.6. The number of nitrogens with one attached hydrogen (secondary N) is 1. The highest BCUT2D eigenvalue weighted by Crippen LogP contribution is 2.15. The van der Waals surface area contributed by atoms with Crippen molar-refractivity contribution in [2.24, 2.45) is 0 Å². The molecule has 1 aromatic heterocycles. The number of carbonyl (C=O) groups is 1. The van der Waals surface area contributed by atoms with Crippen molar-refractivity contribution in [1.82, 2.24) is 4.98 Å². The monoisotopic (exact) mass is 263 g/mol. The van der Waals surface area contributed by atoms with Crippen LogP contribution in [0.2, 0.25) is 0 Å². The molecule has 0 saturated carbocycles. The van der Waals surface area contributed by atoms with Crippen LogP contribution in [0.3, 0.4) is 0 Å². The van der Waals surface area contributed by atoms with E-state index in [-0.39, 0.29) is 23.9 Å². The summed E-state index contributed by atoms with van der Waals surface area (Å²) in [6.45, 7) is 0.237. The van der Waals surface area contributed by atoms with E-state index in [1.54, 1.807) is 12.1 Å². The van der Waals surface area contributed by atoms with Crippen molar-refractivity contribution in [3.05, 3.63) is 51.9 Å². The van der Waals surface area contributed by atoms with Crippen LogP contribution in [-0.4, -0.2) is 21.0 Å². The van der Waals surface area contributed by atoms with Crippen molar-refractivity contribution in [1.29, 1.82) is 0 Å². The summed E-state index contributed by atoms with van der Waals surface area (Å²) in [5.41, 5.74) is 0.434. The molecule has 0 amide bonds. The molecule has 8 nitrogen and oxygen atoms in total. The molecule has 0 aliphatic rings. The minimum absolute atomic E-state index is 0.0158. The molecule has 1 heterocycles. The summed E-state index contributed by atoms with van der Waals surface area (Å²) in [5, 5.41) is 22.0. The van der Waals surface area contributed by atoms with Crippen LogP contribution in [0.25, 0.3) is 0 Å². The molecule has 0 unspecified atom stereocenters. The van der Waals surface area contributed by atoms with Crippen molar-refractivity contribution in [3.63, 3.8) is 0 Å². The molecular weight excluding hydrogens is 254 g/mol. The second kappa shape index (κ2) is 5.17. The number of non-ortho nitro benzene ring substituents is 1. The highest BCUT2D eigenvalue weighted by atomic mass is 16.6. The fourth-order valence-electron chi connectivity index (χ4n) is 1.41. The summed E-state index contributed by atoms with van der Waals surface area (Å²) in [5.74, 6) is -1.19. The van der Waals surface area contributed by atoms with Gasteiger partial charge in [0.05, 0.1) is 4.92 Å². The first-order valence-corrected chi connectivity index (χ1v) is 5.22. The van der Waals surface area contributed by atoms with Gasteiger partial charge in [0.1, 0.15) is 6.26 Å². The van der Waals surface area contributed by atoms with E-state index in [0.717, 1.165) is 6.26 Å². The van der Waals surface area contributed by atoms with Crippen molar-refractivity contribution in [2.75, 3.05) is 5.32 Å². The summed E-state index contributed by atoms with van der Waals surface area (Å²) in [7, 11) is 0. The number of benzene rings is 1. The zero-order valence-corrected chi connectivity index (χ0v) is 9.57. The van der Waals surface area contributed by atoms with Crippen LogP contribution in [0.15, 0.2) is 34.9 Å². The van der Waals surface area contributed by atoms with Gasteiger partial charge in [-0.15, -0.1) is 0 Å². The fraction of sp³-hybridized carbons (Fsp3) is 0.0909. The number of anilines is 1. The lowest BCUT2D eigenvalue weighted by atomic mass is 10.2. The van der Waals surface area contributed by atoms with Gasteiger partial charge in [-0.2, -0.15) is 4.98 Å². The molecule has 0 radical (unpaired) electrons. The normalized spacial score (nSPS) is 10.1. The topological polar surface area (TPSA) is 119 Å². The van der Waals surface area contributed by atoms with E-state index in [1.807, 2.05) is 0 Å². The molecule has 2 rings (SSSR count). The van der Waals surface area contributed by atoms with E-state index in [0.29, 0.717) is 5.56 Å². The van der Waals surface area contributed by atoms with E-state index in [2.05, 4.69) is 10.3 Å². The molecule has 8 heteroatoms. The van der Waals surface area contributed by atoms with Gasteiger partial charge in [0.25, 0.3) is 11.7 Å². The maximum Gasteiger partial charge on any atom is 0.357 e. The Hall–Kier alpha value is -2.90. The number of rotatable bonds is 5. The minimum Gasteiger partial charge on any atom is -0.476 e. The summed E-state index contributed by atoms with van der Waals surface area (Å²) < 4.78 is 4.89. The predicted molar refractivity (Wildman–Crippen MR) is 63.9 cm³/mol. The second-order valence-electron chi connectivity index (χ2n) is 3.62. The molecule has 2 N–H and O–H groups in total. The maximum atomic E-state index is 10.6. The number of nitro groups is 1. The van der Waals surface area contributed by atoms with Gasteiger partial charge >= 0.3 is 5.97 Å². The highest BCUT2D eigenvalue weighted by molar-refractivity contribution is 5.85. The molecule has 19 heavy (non-hydrogen) atoms. The Labute approximate surface area is 106 Å². The molecule has 0 saturated heterocycles. The van der Waals surface area contributed by atoms with E-state index in [4.69, 9.17) is 9.52 Å². The van der Waals surface area contributed by atoms with Gasteiger partial charge < -0.3 is 14.8 Å². The first-order valence-electron chi connectivity index (χ1n) is 5.22. The zero-order chi connectivity index (χ0) is 13.8. The standard InChI is InChI=1S/C11H9N3O5/c15-10(16)9-6-19-11(13-9)12-5-7-2-1-3-8(4-7)14(17)18/h1-4,6H,5H2,(H,12,13)(H,15,16). The van der Waals surface area contributed by atoms with E-state index >= 15 is 0 Å². The molecule has 0 spiro atoms. The SMILES string of the molecule is O=C(O)c1coc(NCc2cccc([N+](=O)[O-])c2)n1. The quantitative estimate of drug-likeness (QED) is 0.624. The van der Waals surface area contributed by atoms with Gasteiger partial charge in [0.15, 0.2) is 5.69 Å². The Kier molecular flexibility index (Phi) is 3.42. The van der Waals surface area contributed by atoms with Crippen molar-refractivity contribution in [3.8, 4) is 0 Å². The molecule has 2 aromatic rings. The average molecular weight is 263 g/mol. The van der Waals surface area contributed by atoms with Crippen molar-refractivity contribution < 1.29 is 19.2 Å². The second-order valence-corrected chi connectivity index (χ2v) is 3.62. The fourth-order valence-corrected chi connectivity index (χ4v) is 1.41. The van der Waals surface area contributed by atoms with Gasteiger partial charge in [-0.1, -0.05) is 12.1 Å². The Morgan fingerprint density at radius 1 is 1.53 bits per heavy atom. The Morgan fingerprint density at radius 2 is 2.32 bits per heavy atom. The molecule has 0 aliphatic carbocycles. The Bertz CT molecular complexity index is 622. The number of nitrogens with zero attached hydrogens (tertiary/aromatic N) is 2. The van der Waals surface area contributed by atoms with Gasteiger partial charge in [-0.25, -0.2) is 4.79 Å². The third-order valence-corrected chi connectivity index (χ3v) is 2.29. The summed E-state index contributed by atoms with van der Waals surface area (Å²) >= 11 is 0. The number of nitro benzene ring substituents is 1. The number of aromatic nitrogens is 1. The van der Waals surface area contributed by atoms with E-state index < -0.39 is 10.9 Å². The van der Waals surface area contributed by atoms with Crippen LogP contribution >= 0.6 is 0 Å². The van der Waals surface area contributed by atoms with Gasteiger partial charge in [-0.05, 0) is 5.56 Å². The average Bonchev–Trinajstić information content (AvgIpc) is 2.85. The lowest BCUT2D eigenvalue weighted by Gasteiger charge is -2.01. The van der Waals surface area contributed by atoms with Crippen LogP contribution in [0.1, 0.15) is 16.1 Å². The van der Waals surface area contributed by atoms with Gasteiger partial charge in [0, 0.05) is 18.7 Å². The van der Waals surface area contributed by atoms with Crippen LogP contribution in [0, 0.1) is 10.1 Å². The van der Waals surface area contributed by atoms with E-state index in [1.165, 1.54) is 12.1 Å². The first kappa shape index (κ1) is 12.6. The third-order valence-electron chi connectivity index (χ3n) is 2.29. The molecule has 0 aliphatic heterocycles. The minimum atomic E-state index is -1.19. The largest absolute Gasteiger partial charge is 0.476 e. The molecule has 0 atom stereocenters. The Morgan fingerprint density at radius 3 is 2.95 bits per heavy atom. The number of carboxylic acid groups (broad SMARTS) is 1. The summed E-state index contributed by atoms with van der Waals surface area (Å²) in [6, 6.07) is 6.10. The smallest absolute Gasteiger partial charge is 0.357 e. The molecule has 98 valence electrons. The predicted octanol–water partition coefficient (Wildman–Crippen LogP) is 1.89. The molecule has 0 bridgehead atoms. The van der Waals surface area contributed by atoms with Crippen molar-refractivity contribution in [2.45, 2.75) is 6.54 Å². The molecule has 1 aromatic carbocycles. The van der Waals surface area contributed by atoms with Crippen LogP contribution in [0.4, 0.5) is 11.7 Å². The Balaban J connectivity index is 2.03. The van der Waals surface area contributed by atoms with Crippen LogP contribution in [0.5, 0.6) is 0 Å². The van der Waals surface area contributed by atoms with Crippen LogP contribution in [-0.2, 0) is 6.54 Å². The lowest BCUT2D eigenvalue weighted by Crippen LogP contribution is -2.02. The number of aromatic carboxylic acids is 1. The third kappa shape index (κ3) is 3.06. The number of oxazole rings is 1. The lowest BCUT2D eigenvalue weighted by molar-refractivity contribution is -0.384. The van der Waals surface area contributed by atoms with Gasteiger partial charge in [0.2, 0.25) is 0 Å². The molecule has 0 fully saturated rings. The summed E-state index contributed by atoms with van der Waals surface area (Å²) in [6.07, 6.45) is 1.01. The van der Waals surface area contributed by atoms with Gasteiger partial charge in [-0.3, -0.25) is 10.1 Å². The number of hydrogen-bond donors (Lipinski definition) is 2. The summed E-state index contributed by atoms with van der Waals surface area (Å²) in [4.78, 5) is 24.4.